The van der Waals surface area contributed by atoms with Gasteiger partial charge >= 0.3 is 5.97 Å². The Hall–Kier alpha value is -1.82. The van der Waals surface area contributed by atoms with Gasteiger partial charge in [-0.15, -0.1) is 11.8 Å². The van der Waals surface area contributed by atoms with Gasteiger partial charge in [-0.25, -0.2) is 4.98 Å². The summed E-state index contributed by atoms with van der Waals surface area (Å²) in [6, 6.07) is 5.48. The SMILES string of the molecule is CSc1ccc2ncn(CCC(=O)O)c(=O)c2c1. The Morgan fingerprint density at radius 3 is 2.94 bits per heavy atom. The van der Waals surface area contributed by atoms with Crippen LogP contribution in [0.1, 0.15) is 6.42 Å². The zero-order valence-electron chi connectivity index (χ0n) is 9.79. The molecule has 18 heavy (non-hydrogen) atoms. The first-order valence-corrected chi connectivity index (χ1v) is 6.59. The summed E-state index contributed by atoms with van der Waals surface area (Å²) in [7, 11) is 0. The summed E-state index contributed by atoms with van der Waals surface area (Å²) in [4.78, 5) is 27.8. The summed E-state index contributed by atoms with van der Waals surface area (Å²) in [6.07, 6.45) is 3.24. The normalized spacial score (nSPS) is 10.7. The van der Waals surface area contributed by atoms with Gasteiger partial charge in [0.25, 0.3) is 5.56 Å². The number of nitrogens with zero attached hydrogens (tertiary/aromatic N) is 2. The third-order valence-corrected chi connectivity index (χ3v) is 3.32. The molecule has 0 spiro atoms. The van der Waals surface area contributed by atoms with Crippen LogP contribution in [0.3, 0.4) is 0 Å². The van der Waals surface area contributed by atoms with Crippen molar-refractivity contribution < 1.29 is 9.90 Å². The van der Waals surface area contributed by atoms with E-state index >= 15 is 0 Å². The lowest BCUT2D eigenvalue weighted by Crippen LogP contribution is -2.21. The van der Waals surface area contributed by atoms with Crippen molar-refractivity contribution in [3.63, 3.8) is 0 Å². The number of rotatable bonds is 4. The second-order valence-electron chi connectivity index (χ2n) is 3.77. The fourth-order valence-electron chi connectivity index (χ4n) is 1.64. The highest BCUT2D eigenvalue weighted by Crippen LogP contribution is 2.18. The minimum Gasteiger partial charge on any atom is -0.481 e. The molecule has 1 N–H and O–H groups in total. The molecular weight excluding hydrogens is 252 g/mol. The van der Waals surface area contributed by atoms with Crippen LogP contribution in [0.4, 0.5) is 0 Å². The third-order valence-electron chi connectivity index (χ3n) is 2.60. The van der Waals surface area contributed by atoms with Gasteiger partial charge in [-0.2, -0.15) is 0 Å². The van der Waals surface area contributed by atoms with Crippen LogP contribution >= 0.6 is 11.8 Å². The molecule has 0 saturated heterocycles. The highest BCUT2D eigenvalue weighted by Gasteiger charge is 2.06. The molecule has 0 aliphatic carbocycles. The number of aromatic nitrogens is 2. The van der Waals surface area contributed by atoms with Crippen LogP contribution in [0.15, 0.2) is 34.2 Å². The van der Waals surface area contributed by atoms with E-state index in [0.717, 1.165) is 4.90 Å². The van der Waals surface area contributed by atoms with Crippen molar-refractivity contribution in [2.75, 3.05) is 6.26 Å². The first-order chi connectivity index (χ1) is 8.61. The fraction of sp³-hybridized carbons (Fsp3) is 0.250. The lowest BCUT2D eigenvalue weighted by atomic mass is 10.2. The molecule has 5 nitrogen and oxygen atoms in total. The molecule has 0 bridgehead atoms. The van der Waals surface area contributed by atoms with Crippen LogP contribution in [0.2, 0.25) is 0 Å². The van der Waals surface area contributed by atoms with Gasteiger partial charge in [0.05, 0.1) is 23.7 Å². The zero-order chi connectivity index (χ0) is 13.1. The maximum Gasteiger partial charge on any atom is 0.305 e. The van der Waals surface area contributed by atoms with Crippen molar-refractivity contribution in [1.82, 2.24) is 9.55 Å². The van der Waals surface area contributed by atoms with Gasteiger partial charge < -0.3 is 5.11 Å². The van der Waals surface area contributed by atoms with Crippen molar-refractivity contribution in [2.45, 2.75) is 17.9 Å². The summed E-state index contributed by atoms with van der Waals surface area (Å²) < 4.78 is 1.33. The van der Waals surface area contributed by atoms with E-state index in [4.69, 9.17) is 5.11 Å². The Balaban J connectivity index is 2.48. The number of carboxylic acid groups (broad SMARTS) is 1. The Labute approximate surface area is 107 Å². The maximum absolute atomic E-state index is 12.1. The predicted octanol–water partition coefficient (Wildman–Crippen LogP) is 1.59. The van der Waals surface area contributed by atoms with Crippen molar-refractivity contribution in [3.05, 3.63) is 34.9 Å². The Morgan fingerprint density at radius 1 is 1.50 bits per heavy atom. The van der Waals surface area contributed by atoms with E-state index in [0.29, 0.717) is 10.9 Å². The molecule has 1 aromatic carbocycles. The van der Waals surface area contributed by atoms with E-state index in [1.165, 1.54) is 10.9 Å². The van der Waals surface area contributed by atoms with Crippen LogP contribution in [0.5, 0.6) is 0 Å². The van der Waals surface area contributed by atoms with Crippen molar-refractivity contribution >= 4 is 28.6 Å². The molecule has 0 amide bonds. The summed E-state index contributed by atoms with van der Waals surface area (Å²) in [5.74, 6) is -0.931. The second kappa shape index (κ2) is 5.22. The van der Waals surface area contributed by atoms with Crippen LogP contribution in [-0.4, -0.2) is 26.9 Å². The molecule has 6 heteroatoms. The molecule has 0 radical (unpaired) electrons. The van der Waals surface area contributed by atoms with Gasteiger partial charge in [-0.05, 0) is 24.5 Å². The standard InChI is InChI=1S/C12H12N2O3S/c1-18-8-2-3-10-9(6-8)12(17)14(7-13-10)5-4-11(15)16/h2-3,6-7H,4-5H2,1H3,(H,15,16). The Kier molecular flexibility index (Phi) is 3.66. The smallest absolute Gasteiger partial charge is 0.305 e. The summed E-state index contributed by atoms with van der Waals surface area (Å²) in [5.41, 5.74) is 0.432. The lowest BCUT2D eigenvalue weighted by Gasteiger charge is -2.05. The average Bonchev–Trinajstić information content (AvgIpc) is 2.37. The first-order valence-electron chi connectivity index (χ1n) is 5.37. The van der Waals surface area contributed by atoms with Crippen molar-refractivity contribution in [2.24, 2.45) is 0 Å². The van der Waals surface area contributed by atoms with Crippen LogP contribution in [0.25, 0.3) is 10.9 Å². The van der Waals surface area contributed by atoms with Gasteiger partial charge in [0.15, 0.2) is 0 Å². The summed E-state index contributed by atoms with van der Waals surface area (Å²) in [5, 5.41) is 9.14. The van der Waals surface area contributed by atoms with Crippen LogP contribution < -0.4 is 5.56 Å². The molecule has 0 unspecified atom stereocenters. The number of benzene rings is 1. The summed E-state index contributed by atoms with van der Waals surface area (Å²) >= 11 is 1.55. The molecule has 0 aliphatic heterocycles. The van der Waals surface area contributed by atoms with E-state index in [1.807, 2.05) is 12.3 Å². The highest BCUT2D eigenvalue weighted by atomic mass is 32.2. The summed E-state index contributed by atoms with van der Waals surface area (Å²) in [6.45, 7) is 0.139. The fourth-order valence-corrected chi connectivity index (χ4v) is 2.08. The molecule has 1 heterocycles. The number of hydrogen-bond donors (Lipinski definition) is 1. The minimum atomic E-state index is -0.931. The van der Waals surface area contributed by atoms with Gasteiger partial charge in [-0.1, -0.05) is 0 Å². The zero-order valence-corrected chi connectivity index (χ0v) is 10.6. The molecule has 1 aromatic heterocycles. The molecule has 2 aromatic rings. The van der Waals surface area contributed by atoms with E-state index in [-0.39, 0.29) is 18.5 Å². The topological polar surface area (TPSA) is 72.2 Å². The monoisotopic (exact) mass is 264 g/mol. The maximum atomic E-state index is 12.1. The molecule has 0 atom stereocenters. The molecule has 0 fully saturated rings. The number of aliphatic carboxylic acids is 1. The molecular formula is C12H12N2O3S. The van der Waals surface area contributed by atoms with Crippen LogP contribution in [-0.2, 0) is 11.3 Å². The first kappa shape index (κ1) is 12.6. The average molecular weight is 264 g/mol. The number of aryl methyl sites for hydroxylation is 1. The molecule has 0 saturated carbocycles. The second-order valence-corrected chi connectivity index (χ2v) is 4.65. The van der Waals surface area contributed by atoms with E-state index < -0.39 is 5.97 Å². The van der Waals surface area contributed by atoms with Gasteiger partial charge in [0.1, 0.15) is 0 Å². The molecule has 2 rings (SSSR count). The largest absolute Gasteiger partial charge is 0.481 e. The molecule has 0 aliphatic rings. The minimum absolute atomic E-state index is 0.0880. The van der Waals surface area contributed by atoms with E-state index in [9.17, 15) is 9.59 Å². The Bertz CT molecular complexity index is 651. The quantitative estimate of drug-likeness (QED) is 0.849. The Morgan fingerprint density at radius 2 is 2.28 bits per heavy atom. The number of thioether (sulfide) groups is 1. The number of hydrogen-bond acceptors (Lipinski definition) is 4. The van der Waals surface area contributed by atoms with E-state index in [1.54, 1.807) is 23.9 Å². The lowest BCUT2D eigenvalue weighted by molar-refractivity contribution is -0.137. The third kappa shape index (κ3) is 2.53. The molecule has 94 valence electrons. The van der Waals surface area contributed by atoms with Gasteiger partial charge in [0.2, 0.25) is 0 Å². The van der Waals surface area contributed by atoms with Crippen molar-refractivity contribution in [3.8, 4) is 0 Å². The van der Waals surface area contributed by atoms with Crippen molar-refractivity contribution in [1.29, 1.82) is 0 Å². The highest BCUT2D eigenvalue weighted by molar-refractivity contribution is 7.98. The van der Waals surface area contributed by atoms with Gasteiger partial charge in [-0.3, -0.25) is 14.2 Å². The number of fused-ring (bicyclic) bond motifs is 1. The van der Waals surface area contributed by atoms with Crippen LogP contribution in [0, 0.1) is 0 Å². The number of carboxylic acids is 1. The van der Waals surface area contributed by atoms with Gasteiger partial charge in [0, 0.05) is 11.4 Å². The predicted molar refractivity (Wildman–Crippen MR) is 70.0 cm³/mol. The van der Waals surface area contributed by atoms with E-state index in [2.05, 4.69) is 4.98 Å². The number of carbonyl (C=O) groups is 1.